The Labute approximate surface area is 114 Å². The minimum Gasteiger partial charge on any atom is -0.391 e. The summed E-state index contributed by atoms with van der Waals surface area (Å²) in [6.07, 6.45) is 0.837. The van der Waals surface area contributed by atoms with Crippen LogP contribution < -0.4 is 5.32 Å². The number of carbonyl (C=O) groups is 1. The van der Waals surface area contributed by atoms with Crippen molar-refractivity contribution in [3.63, 3.8) is 0 Å². The topological polar surface area (TPSA) is 62.2 Å². The predicted octanol–water partition coefficient (Wildman–Crippen LogP) is 2.39. The number of hydrogen-bond donors (Lipinski definition) is 2. The van der Waals surface area contributed by atoms with Gasteiger partial charge in [0.25, 0.3) is 5.91 Å². The summed E-state index contributed by atoms with van der Waals surface area (Å²) >= 11 is 9.07. The number of amides is 1. The van der Waals surface area contributed by atoms with Gasteiger partial charge in [-0.3, -0.25) is 4.79 Å². The van der Waals surface area contributed by atoms with Gasteiger partial charge in [-0.25, -0.2) is 4.98 Å². The molecule has 1 aromatic rings. The summed E-state index contributed by atoms with van der Waals surface area (Å²) in [5, 5.41) is 12.4. The van der Waals surface area contributed by atoms with E-state index < -0.39 is 11.6 Å². The first-order valence-corrected chi connectivity index (χ1v) is 6.23. The molecule has 1 heterocycles. The van der Waals surface area contributed by atoms with Crippen LogP contribution >= 0.6 is 27.5 Å². The van der Waals surface area contributed by atoms with E-state index in [2.05, 4.69) is 26.2 Å². The second-order valence-corrected chi connectivity index (χ2v) is 5.62. The van der Waals surface area contributed by atoms with Gasteiger partial charge in [-0.05, 0) is 42.8 Å². The minimum atomic E-state index is -0.733. The SMILES string of the molecule is CC(O)C(C)(C)NC(=O)c1cc(Br)cnc1Cl. The lowest BCUT2D eigenvalue weighted by atomic mass is 9.98. The molecule has 1 atom stereocenters. The molecule has 0 spiro atoms. The van der Waals surface area contributed by atoms with Crippen molar-refractivity contribution >= 4 is 33.4 Å². The first kappa shape index (κ1) is 14.4. The number of nitrogens with one attached hydrogen (secondary N) is 1. The van der Waals surface area contributed by atoms with Gasteiger partial charge >= 0.3 is 0 Å². The minimum absolute atomic E-state index is 0.132. The van der Waals surface area contributed by atoms with E-state index in [1.54, 1.807) is 26.8 Å². The number of aliphatic hydroxyl groups is 1. The summed E-state index contributed by atoms with van der Waals surface area (Å²) in [6.45, 7) is 5.07. The second kappa shape index (κ2) is 5.33. The van der Waals surface area contributed by atoms with Crippen LogP contribution in [0.15, 0.2) is 16.7 Å². The normalized spacial score (nSPS) is 13.3. The van der Waals surface area contributed by atoms with E-state index in [9.17, 15) is 9.90 Å². The molecule has 2 N–H and O–H groups in total. The summed E-state index contributed by atoms with van der Waals surface area (Å²) in [4.78, 5) is 15.8. The van der Waals surface area contributed by atoms with Crippen molar-refractivity contribution in [2.24, 2.45) is 0 Å². The Morgan fingerprint density at radius 2 is 2.24 bits per heavy atom. The predicted molar refractivity (Wildman–Crippen MR) is 70.2 cm³/mol. The molecule has 0 fully saturated rings. The highest BCUT2D eigenvalue weighted by atomic mass is 79.9. The molecule has 1 aromatic heterocycles. The molecule has 0 saturated heterocycles. The Balaban J connectivity index is 2.94. The fourth-order valence-electron chi connectivity index (χ4n) is 1.05. The highest BCUT2D eigenvalue weighted by Gasteiger charge is 2.27. The van der Waals surface area contributed by atoms with Gasteiger partial charge in [0.2, 0.25) is 0 Å². The Hall–Kier alpha value is -0.650. The summed E-state index contributed by atoms with van der Waals surface area (Å²) in [5.41, 5.74) is -0.460. The van der Waals surface area contributed by atoms with E-state index in [1.165, 1.54) is 6.20 Å². The summed E-state index contributed by atoms with van der Waals surface area (Å²) < 4.78 is 0.668. The third-order valence-corrected chi connectivity index (χ3v) is 3.27. The number of hydrogen-bond acceptors (Lipinski definition) is 3. The molecule has 1 unspecified atom stereocenters. The molecular formula is C11H14BrClN2O2. The van der Waals surface area contributed by atoms with Crippen LogP contribution in [0, 0.1) is 0 Å². The molecule has 17 heavy (non-hydrogen) atoms. The Morgan fingerprint density at radius 1 is 1.65 bits per heavy atom. The molecule has 4 nitrogen and oxygen atoms in total. The summed E-state index contributed by atoms with van der Waals surface area (Å²) in [6, 6.07) is 1.59. The molecular weight excluding hydrogens is 307 g/mol. The van der Waals surface area contributed by atoms with Crippen LogP contribution in [0.3, 0.4) is 0 Å². The van der Waals surface area contributed by atoms with E-state index in [1.807, 2.05) is 0 Å². The monoisotopic (exact) mass is 320 g/mol. The van der Waals surface area contributed by atoms with E-state index in [0.29, 0.717) is 4.47 Å². The van der Waals surface area contributed by atoms with Crippen LogP contribution in [0.25, 0.3) is 0 Å². The quantitative estimate of drug-likeness (QED) is 0.840. The first-order valence-electron chi connectivity index (χ1n) is 5.05. The number of rotatable bonds is 3. The molecule has 1 amide bonds. The standard InChI is InChI=1S/C11H14BrClN2O2/c1-6(16)11(2,3)15-10(17)8-4-7(12)5-14-9(8)13/h4-6,16H,1-3H3,(H,15,17). The molecule has 94 valence electrons. The van der Waals surface area contributed by atoms with Crippen LogP contribution in [-0.2, 0) is 0 Å². The maximum Gasteiger partial charge on any atom is 0.254 e. The Morgan fingerprint density at radius 3 is 2.76 bits per heavy atom. The lowest BCUT2D eigenvalue weighted by Gasteiger charge is -2.29. The number of aliphatic hydroxyl groups excluding tert-OH is 1. The van der Waals surface area contributed by atoms with Crippen molar-refractivity contribution < 1.29 is 9.90 Å². The van der Waals surface area contributed by atoms with Gasteiger partial charge in [0.05, 0.1) is 17.2 Å². The van der Waals surface area contributed by atoms with Crippen molar-refractivity contribution in [2.45, 2.75) is 32.4 Å². The molecule has 0 bridgehead atoms. The van der Waals surface area contributed by atoms with Crippen LogP contribution in [0.1, 0.15) is 31.1 Å². The summed E-state index contributed by atoms with van der Waals surface area (Å²) in [5.74, 6) is -0.366. The molecule has 1 rings (SSSR count). The van der Waals surface area contributed by atoms with Gasteiger partial charge in [0.15, 0.2) is 0 Å². The fraction of sp³-hybridized carbons (Fsp3) is 0.455. The van der Waals surface area contributed by atoms with Crippen LogP contribution in [0.5, 0.6) is 0 Å². The number of halogens is 2. The van der Waals surface area contributed by atoms with E-state index in [4.69, 9.17) is 11.6 Å². The number of pyridine rings is 1. The smallest absolute Gasteiger partial charge is 0.254 e. The van der Waals surface area contributed by atoms with Crippen LogP contribution in [-0.4, -0.2) is 27.6 Å². The number of nitrogens with zero attached hydrogens (tertiary/aromatic N) is 1. The zero-order valence-corrected chi connectivity index (χ0v) is 12.1. The molecule has 0 aliphatic heterocycles. The number of aromatic nitrogens is 1. The first-order chi connectivity index (χ1) is 7.74. The van der Waals surface area contributed by atoms with Crippen molar-refractivity contribution in [2.75, 3.05) is 0 Å². The molecule has 0 aromatic carbocycles. The Kier molecular flexibility index (Phi) is 4.52. The van der Waals surface area contributed by atoms with E-state index in [0.717, 1.165) is 0 Å². The van der Waals surface area contributed by atoms with Gasteiger partial charge < -0.3 is 10.4 Å². The molecule has 0 aliphatic carbocycles. The maximum absolute atomic E-state index is 12.0. The van der Waals surface area contributed by atoms with Crippen molar-refractivity contribution in [1.82, 2.24) is 10.3 Å². The third kappa shape index (κ3) is 3.66. The van der Waals surface area contributed by atoms with E-state index >= 15 is 0 Å². The Bertz CT molecular complexity index is 435. The van der Waals surface area contributed by atoms with Crippen molar-refractivity contribution in [3.05, 3.63) is 27.5 Å². The van der Waals surface area contributed by atoms with Gasteiger partial charge in [-0.15, -0.1) is 0 Å². The zero-order chi connectivity index (χ0) is 13.2. The van der Waals surface area contributed by atoms with Crippen LogP contribution in [0.4, 0.5) is 0 Å². The average molecular weight is 322 g/mol. The van der Waals surface area contributed by atoms with Gasteiger partial charge in [-0.1, -0.05) is 11.6 Å². The fourth-order valence-corrected chi connectivity index (χ4v) is 1.57. The lowest BCUT2D eigenvalue weighted by Crippen LogP contribution is -2.51. The average Bonchev–Trinajstić information content (AvgIpc) is 2.20. The zero-order valence-electron chi connectivity index (χ0n) is 9.79. The second-order valence-electron chi connectivity index (χ2n) is 4.34. The van der Waals surface area contributed by atoms with Crippen LogP contribution in [0.2, 0.25) is 5.15 Å². The highest BCUT2D eigenvalue weighted by molar-refractivity contribution is 9.10. The molecule has 0 saturated carbocycles. The molecule has 6 heteroatoms. The maximum atomic E-state index is 12.0. The third-order valence-electron chi connectivity index (χ3n) is 2.53. The van der Waals surface area contributed by atoms with Gasteiger partial charge in [0, 0.05) is 10.7 Å². The van der Waals surface area contributed by atoms with Gasteiger partial charge in [0.1, 0.15) is 5.15 Å². The molecule has 0 aliphatic rings. The number of carbonyl (C=O) groups excluding carboxylic acids is 1. The molecule has 0 radical (unpaired) electrons. The van der Waals surface area contributed by atoms with E-state index in [-0.39, 0.29) is 16.6 Å². The van der Waals surface area contributed by atoms with Crippen molar-refractivity contribution in [1.29, 1.82) is 0 Å². The van der Waals surface area contributed by atoms with Gasteiger partial charge in [-0.2, -0.15) is 0 Å². The largest absolute Gasteiger partial charge is 0.391 e. The lowest BCUT2D eigenvalue weighted by molar-refractivity contribution is 0.0709. The summed E-state index contributed by atoms with van der Waals surface area (Å²) in [7, 11) is 0. The van der Waals surface area contributed by atoms with Crippen molar-refractivity contribution in [3.8, 4) is 0 Å². The highest BCUT2D eigenvalue weighted by Crippen LogP contribution is 2.19.